The topological polar surface area (TPSA) is 116 Å². The molecule has 3 N–H and O–H groups in total. The highest BCUT2D eigenvalue weighted by molar-refractivity contribution is 7.98. The smallest absolute Gasteiger partial charge is 0.237 e. The highest BCUT2D eigenvalue weighted by Gasteiger charge is 2.13. The zero-order valence-electron chi connectivity index (χ0n) is 11.1. The minimum Gasteiger partial charge on any atom is -0.496 e. The number of nitrogens with zero attached hydrogens (tertiary/aromatic N) is 4. The van der Waals surface area contributed by atoms with E-state index in [1.807, 2.05) is 24.3 Å². The Morgan fingerprint density at radius 3 is 2.95 bits per heavy atom. The Morgan fingerprint density at radius 2 is 2.19 bits per heavy atom. The molecule has 0 aliphatic rings. The minimum atomic E-state index is 0.276. The van der Waals surface area contributed by atoms with E-state index >= 15 is 0 Å². The molecule has 0 unspecified atom stereocenters. The number of hydrogen-bond acceptors (Lipinski definition) is 8. The van der Waals surface area contributed by atoms with E-state index in [-0.39, 0.29) is 5.95 Å². The standard InChI is InChI=1S/C12H12N6O2S/c1-19-8-5-3-2-4-7(8)10-14-9(20-18-10)6-21-12-15-11(13)16-17-12/h2-5H,6H2,1H3,(H3,13,15,16,17). The van der Waals surface area contributed by atoms with Crippen molar-refractivity contribution in [2.24, 2.45) is 0 Å². The van der Waals surface area contributed by atoms with Crippen LogP contribution in [0.1, 0.15) is 5.89 Å². The maximum atomic E-state index is 5.45. The van der Waals surface area contributed by atoms with E-state index in [0.29, 0.717) is 28.4 Å². The van der Waals surface area contributed by atoms with Crippen LogP contribution < -0.4 is 10.5 Å². The number of ether oxygens (including phenoxy) is 1. The molecule has 0 bridgehead atoms. The van der Waals surface area contributed by atoms with Crippen molar-refractivity contribution >= 4 is 17.7 Å². The van der Waals surface area contributed by atoms with Crippen molar-refractivity contribution in [3.63, 3.8) is 0 Å². The van der Waals surface area contributed by atoms with Crippen LogP contribution in [0.5, 0.6) is 5.75 Å². The fourth-order valence-electron chi connectivity index (χ4n) is 1.70. The lowest BCUT2D eigenvalue weighted by atomic mass is 10.2. The molecule has 2 aromatic heterocycles. The van der Waals surface area contributed by atoms with Crippen LogP contribution in [0.4, 0.5) is 5.95 Å². The third kappa shape index (κ3) is 2.97. The number of aromatic amines is 1. The van der Waals surface area contributed by atoms with Crippen LogP contribution in [0.2, 0.25) is 0 Å². The number of thioether (sulfide) groups is 1. The van der Waals surface area contributed by atoms with E-state index in [1.165, 1.54) is 11.8 Å². The number of benzene rings is 1. The SMILES string of the molecule is COc1ccccc1-c1noc(CSc2n[nH]c(N)n2)n1. The van der Waals surface area contributed by atoms with Crippen molar-refractivity contribution in [3.05, 3.63) is 30.2 Å². The molecule has 9 heteroatoms. The van der Waals surface area contributed by atoms with E-state index in [1.54, 1.807) is 7.11 Å². The average Bonchev–Trinajstić information content (AvgIpc) is 3.14. The monoisotopic (exact) mass is 304 g/mol. The summed E-state index contributed by atoms with van der Waals surface area (Å²) in [7, 11) is 1.60. The molecular weight excluding hydrogens is 292 g/mol. The summed E-state index contributed by atoms with van der Waals surface area (Å²) in [6.07, 6.45) is 0. The van der Waals surface area contributed by atoms with Crippen molar-refractivity contribution in [3.8, 4) is 17.1 Å². The molecule has 0 spiro atoms. The predicted molar refractivity (Wildman–Crippen MR) is 76.6 cm³/mol. The Balaban J connectivity index is 1.74. The van der Waals surface area contributed by atoms with Crippen molar-refractivity contribution in [2.75, 3.05) is 12.8 Å². The molecule has 0 radical (unpaired) electrons. The molecular formula is C12H12N6O2S. The molecule has 0 fully saturated rings. The van der Waals surface area contributed by atoms with Gasteiger partial charge in [-0.25, -0.2) is 5.10 Å². The van der Waals surface area contributed by atoms with Crippen LogP contribution >= 0.6 is 11.8 Å². The summed E-state index contributed by atoms with van der Waals surface area (Å²) >= 11 is 1.35. The predicted octanol–water partition coefficient (Wildman–Crippen LogP) is 1.74. The molecule has 0 saturated heterocycles. The Labute approximate surface area is 124 Å². The molecule has 0 amide bonds. The van der Waals surface area contributed by atoms with E-state index < -0.39 is 0 Å². The number of para-hydroxylation sites is 1. The Bertz CT molecular complexity index is 741. The largest absolute Gasteiger partial charge is 0.496 e. The van der Waals surface area contributed by atoms with Gasteiger partial charge in [-0.05, 0) is 12.1 Å². The van der Waals surface area contributed by atoms with Gasteiger partial charge >= 0.3 is 0 Å². The number of H-pyrrole nitrogens is 1. The van der Waals surface area contributed by atoms with Crippen LogP contribution in [-0.2, 0) is 5.75 Å². The normalized spacial score (nSPS) is 10.7. The van der Waals surface area contributed by atoms with Crippen LogP contribution in [0.15, 0.2) is 33.9 Å². The second-order valence-corrected chi connectivity index (χ2v) is 4.95. The summed E-state index contributed by atoms with van der Waals surface area (Å²) in [6, 6.07) is 7.49. The number of nitrogens with two attached hydrogens (primary N) is 1. The maximum absolute atomic E-state index is 5.45. The third-order valence-corrected chi connectivity index (χ3v) is 3.45. The quantitative estimate of drug-likeness (QED) is 0.685. The van der Waals surface area contributed by atoms with Crippen molar-refractivity contribution in [1.29, 1.82) is 0 Å². The first-order chi connectivity index (χ1) is 10.3. The van der Waals surface area contributed by atoms with E-state index in [2.05, 4.69) is 25.3 Å². The Hall–Kier alpha value is -2.55. The summed E-state index contributed by atoms with van der Waals surface area (Å²) < 4.78 is 10.5. The molecule has 0 saturated carbocycles. The lowest BCUT2D eigenvalue weighted by molar-refractivity contribution is 0.390. The third-order valence-electron chi connectivity index (χ3n) is 2.62. The number of hydrogen-bond donors (Lipinski definition) is 2. The lowest BCUT2D eigenvalue weighted by Gasteiger charge is -2.02. The molecule has 0 aliphatic carbocycles. The van der Waals surface area contributed by atoms with Gasteiger partial charge in [-0.3, -0.25) is 0 Å². The van der Waals surface area contributed by atoms with Crippen LogP contribution in [0.3, 0.4) is 0 Å². The molecule has 108 valence electrons. The summed E-state index contributed by atoms with van der Waals surface area (Å²) in [5, 5.41) is 11.0. The van der Waals surface area contributed by atoms with Gasteiger partial charge in [0.2, 0.25) is 22.8 Å². The van der Waals surface area contributed by atoms with Crippen molar-refractivity contribution in [2.45, 2.75) is 10.9 Å². The number of rotatable bonds is 5. The molecule has 3 rings (SSSR count). The fraction of sp³-hybridized carbons (Fsp3) is 0.167. The Morgan fingerprint density at radius 1 is 1.33 bits per heavy atom. The second-order valence-electron chi connectivity index (χ2n) is 4.00. The van der Waals surface area contributed by atoms with Gasteiger partial charge in [0.1, 0.15) is 5.75 Å². The van der Waals surface area contributed by atoms with Crippen LogP contribution in [-0.4, -0.2) is 32.4 Å². The molecule has 8 nitrogen and oxygen atoms in total. The highest BCUT2D eigenvalue weighted by Crippen LogP contribution is 2.28. The van der Waals surface area contributed by atoms with Crippen molar-refractivity contribution in [1.82, 2.24) is 25.3 Å². The lowest BCUT2D eigenvalue weighted by Crippen LogP contribution is -1.89. The van der Waals surface area contributed by atoms with E-state index in [0.717, 1.165) is 5.56 Å². The summed E-state index contributed by atoms with van der Waals surface area (Å²) in [4.78, 5) is 8.32. The Kier molecular flexibility index (Phi) is 3.73. The molecule has 3 aromatic rings. The average molecular weight is 304 g/mol. The first kappa shape index (κ1) is 13.4. The van der Waals surface area contributed by atoms with Gasteiger partial charge in [-0.1, -0.05) is 29.1 Å². The van der Waals surface area contributed by atoms with E-state index in [4.69, 9.17) is 15.0 Å². The van der Waals surface area contributed by atoms with Crippen LogP contribution in [0.25, 0.3) is 11.4 Å². The molecule has 0 aliphatic heterocycles. The zero-order chi connectivity index (χ0) is 14.7. The number of nitrogens with one attached hydrogen (secondary N) is 1. The van der Waals surface area contributed by atoms with Gasteiger partial charge in [-0.2, -0.15) is 9.97 Å². The number of anilines is 1. The molecule has 2 heterocycles. The molecule has 0 atom stereocenters. The zero-order valence-corrected chi connectivity index (χ0v) is 11.9. The van der Waals surface area contributed by atoms with Gasteiger partial charge in [0, 0.05) is 0 Å². The van der Waals surface area contributed by atoms with Gasteiger partial charge in [-0.15, -0.1) is 5.10 Å². The first-order valence-corrected chi connectivity index (χ1v) is 7.01. The number of aromatic nitrogens is 5. The first-order valence-electron chi connectivity index (χ1n) is 6.03. The number of nitrogen functional groups attached to an aromatic ring is 1. The van der Waals surface area contributed by atoms with Gasteiger partial charge in [0.15, 0.2) is 0 Å². The fourth-order valence-corrected chi connectivity index (χ4v) is 2.34. The molecule has 1 aromatic carbocycles. The van der Waals surface area contributed by atoms with Gasteiger partial charge in [0.05, 0.1) is 18.4 Å². The highest BCUT2D eigenvalue weighted by atomic mass is 32.2. The number of methoxy groups -OCH3 is 1. The summed E-state index contributed by atoms with van der Waals surface area (Å²) in [5.74, 6) is 2.39. The van der Waals surface area contributed by atoms with E-state index in [9.17, 15) is 0 Å². The second kappa shape index (κ2) is 5.83. The van der Waals surface area contributed by atoms with Gasteiger partial charge < -0.3 is 15.0 Å². The van der Waals surface area contributed by atoms with Gasteiger partial charge in [0.25, 0.3) is 0 Å². The van der Waals surface area contributed by atoms with Crippen LogP contribution in [0, 0.1) is 0 Å². The maximum Gasteiger partial charge on any atom is 0.237 e. The summed E-state index contributed by atoms with van der Waals surface area (Å²) in [6.45, 7) is 0. The summed E-state index contributed by atoms with van der Waals surface area (Å²) in [5.41, 5.74) is 6.23. The molecule has 21 heavy (non-hydrogen) atoms. The van der Waals surface area contributed by atoms with Crippen molar-refractivity contribution < 1.29 is 9.26 Å². The minimum absolute atomic E-state index is 0.276.